The molecule has 0 unspecified atom stereocenters. The van der Waals surface area contributed by atoms with Crippen LogP contribution in [0.3, 0.4) is 0 Å². The largest absolute Gasteiger partial charge is 0.391 e. The molecule has 1 fully saturated rings. The monoisotopic (exact) mass is 294 g/mol. The summed E-state index contributed by atoms with van der Waals surface area (Å²) in [7, 11) is 0. The molecule has 0 amide bonds. The van der Waals surface area contributed by atoms with Crippen LogP contribution in [-0.2, 0) is 0 Å². The molecule has 1 aromatic carbocycles. The lowest BCUT2D eigenvalue weighted by Crippen LogP contribution is -3.15. The van der Waals surface area contributed by atoms with Crippen LogP contribution in [0.5, 0.6) is 0 Å². The summed E-state index contributed by atoms with van der Waals surface area (Å²) in [5.41, 5.74) is 3.62. The lowest BCUT2D eigenvalue weighted by molar-refractivity contribution is -0.904. The van der Waals surface area contributed by atoms with Gasteiger partial charge in [-0.15, -0.1) is 0 Å². The van der Waals surface area contributed by atoms with E-state index in [-0.39, 0.29) is 6.61 Å². The van der Waals surface area contributed by atoms with Crippen LogP contribution in [0.4, 0.5) is 5.69 Å². The van der Waals surface area contributed by atoms with Crippen molar-refractivity contribution in [1.29, 1.82) is 0 Å². The Kier molecular flexibility index (Phi) is 5.34. The van der Waals surface area contributed by atoms with Gasteiger partial charge in [0.05, 0.1) is 32.8 Å². The van der Waals surface area contributed by atoms with Crippen LogP contribution in [0.25, 0.3) is 0 Å². The molecule has 1 saturated heterocycles. The van der Waals surface area contributed by atoms with Gasteiger partial charge in [0.25, 0.3) is 0 Å². The van der Waals surface area contributed by atoms with E-state index >= 15 is 0 Å². The third-order valence-electron chi connectivity index (χ3n) is 4.07. The molecule has 0 aliphatic carbocycles. The highest BCUT2D eigenvalue weighted by atomic mass is 32.1. The molecule has 0 aromatic heterocycles. The Morgan fingerprint density at radius 1 is 1.35 bits per heavy atom. The Labute approximate surface area is 126 Å². The van der Waals surface area contributed by atoms with Crippen molar-refractivity contribution in [2.75, 3.05) is 44.6 Å². The van der Waals surface area contributed by atoms with E-state index in [1.54, 1.807) is 0 Å². The zero-order valence-electron chi connectivity index (χ0n) is 12.3. The normalized spacial score (nSPS) is 16.2. The minimum absolute atomic E-state index is 0.264. The molecular weight excluding hydrogens is 270 g/mol. The van der Waals surface area contributed by atoms with Gasteiger partial charge in [-0.3, -0.25) is 0 Å². The second-order valence-electron chi connectivity index (χ2n) is 5.39. The first-order valence-electron chi connectivity index (χ1n) is 7.18. The minimum atomic E-state index is 0.264. The van der Waals surface area contributed by atoms with Crippen molar-refractivity contribution in [2.24, 2.45) is 0 Å². The number of anilines is 1. The maximum absolute atomic E-state index is 8.97. The molecule has 2 rings (SSSR count). The van der Waals surface area contributed by atoms with E-state index in [9.17, 15) is 0 Å². The summed E-state index contributed by atoms with van der Waals surface area (Å²) in [5.74, 6) is 0. The molecular formula is C15H24N3OS+. The van der Waals surface area contributed by atoms with Crippen LogP contribution >= 0.6 is 12.2 Å². The van der Waals surface area contributed by atoms with Crippen molar-refractivity contribution >= 4 is 23.0 Å². The molecule has 20 heavy (non-hydrogen) atoms. The third kappa shape index (κ3) is 3.69. The maximum atomic E-state index is 8.97. The fourth-order valence-corrected chi connectivity index (χ4v) is 2.81. The molecule has 1 aliphatic rings. The van der Waals surface area contributed by atoms with E-state index in [2.05, 4.69) is 42.3 Å². The first kappa shape index (κ1) is 15.2. The van der Waals surface area contributed by atoms with Gasteiger partial charge in [-0.1, -0.05) is 12.1 Å². The maximum Gasteiger partial charge on any atom is 0.173 e. The predicted octanol–water partition coefficient (Wildman–Crippen LogP) is 0.193. The van der Waals surface area contributed by atoms with Crippen molar-refractivity contribution in [3.05, 3.63) is 29.3 Å². The number of thiocarbonyl (C=S) groups is 1. The summed E-state index contributed by atoms with van der Waals surface area (Å²) < 4.78 is 0. The summed E-state index contributed by atoms with van der Waals surface area (Å²) >= 11 is 5.52. The number of aliphatic hydroxyl groups is 1. The smallest absolute Gasteiger partial charge is 0.173 e. The van der Waals surface area contributed by atoms with Crippen LogP contribution in [0.15, 0.2) is 18.2 Å². The fraction of sp³-hybridized carbons (Fsp3) is 0.533. The Bertz CT molecular complexity index is 470. The van der Waals surface area contributed by atoms with Gasteiger partial charge in [0, 0.05) is 5.69 Å². The summed E-state index contributed by atoms with van der Waals surface area (Å²) in [6, 6.07) is 6.24. The molecule has 110 valence electrons. The van der Waals surface area contributed by atoms with Crippen molar-refractivity contribution in [1.82, 2.24) is 4.90 Å². The van der Waals surface area contributed by atoms with Crippen LogP contribution in [0, 0.1) is 13.8 Å². The SMILES string of the molecule is Cc1cccc(NC(=S)N2CC[NH+](CCO)CC2)c1C. The summed E-state index contributed by atoms with van der Waals surface area (Å²) in [6.45, 7) is 9.30. The molecule has 4 nitrogen and oxygen atoms in total. The number of aliphatic hydroxyl groups excluding tert-OH is 1. The fourth-order valence-electron chi connectivity index (χ4n) is 2.51. The van der Waals surface area contributed by atoms with Crippen LogP contribution in [0.2, 0.25) is 0 Å². The van der Waals surface area contributed by atoms with Gasteiger partial charge >= 0.3 is 0 Å². The number of benzene rings is 1. The Morgan fingerprint density at radius 3 is 2.70 bits per heavy atom. The highest BCUT2D eigenvalue weighted by Crippen LogP contribution is 2.18. The van der Waals surface area contributed by atoms with Crippen LogP contribution < -0.4 is 10.2 Å². The highest BCUT2D eigenvalue weighted by molar-refractivity contribution is 7.80. The molecule has 0 spiro atoms. The van der Waals surface area contributed by atoms with Crippen molar-refractivity contribution in [3.63, 3.8) is 0 Å². The number of rotatable bonds is 3. The van der Waals surface area contributed by atoms with E-state index in [1.807, 2.05) is 0 Å². The highest BCUT2D eigenvalue weighted by Gasteiger charge is 2.21. The molecule has 1 heterocycles. The van der Waals surface area contributed by atoms with E-state index in [1.165, 1.54) is 16.0 Å². The Hall–Kier alpha value is -1.17. The molecule has 5 heteroatoms. The topological polar surface area (TPSA) is 39.9 Å². The summed E-state index contributed by atoms with van der Waals surface area (Å²) in [4.78, 5) is 3.68. The molecule has 1 aliphatic heterocycles. The quantitative estimate of drug-likeness (QED) is 0.696. The number of nitrogens with zero attached hydrogens (tertiary/aromatic N) is 1. The number of quaternary nitrogens is 1. The lowest BCUT2D eigenvalue weighted by Gasteiger charge is -2.33. The molecule has 0 radical (unpaired) electrons. The molecule has 3 N–H and O–H groups in total. The van der Waals surface area contributed by atoms with E-state index in [0.29, 0.717) is 0 Å². The van der Waals surface area contributed by atoms with Gasteiger partial charge in [0.1, 0.15) is 6.54 Å². The number of aryl methyl sites for hydroxylation is 1. The molecule has 0 saturated carbocycles. The predicted molar refractivity (Wildman–Crippen MR) is 86.4 cm³/mol. The summed E-state index contributed by atoms with van der Waals surface area (Å²) in [5, 5.41) is 13.1. The van der Waals surface area contributed by atoms with Gasteiger partial charge in [-0.05, 0) is 43.3 Å². The number of nitrogens with one attached hydrogen (secondary N) is 2. The zero-order valence-corrected chi connectivity index (χ0v) is 13.1. The molecule has 0 bridgehead atoms. The Balaban J connectivity index is 1.91. The lowest BCUT2D eigenvalue weighted by atomic mass is 10.1. The molecule has 0 atom stereocenters. The Morgan fingerprint density at radius 2 is 2.05 bits per heavy atom. The van der Waals surface area contributed by atoms with Crippen molar-refractivity contribution < 1.29 is 10.0 Å². The van der Waals surface area contributed by atoms with Crippen LogP contribution in [0.1, 0.15) is 11.1 Å². The van der Waals surface area contributed by atoms with Gasteiger partial charge in [0.2, 0.25) is 0 Å². The number of hydrogen-bond acceptors (Lipinski definition) is 2. The first-order valence-corrected chi connectivity index (χ1v) is 7.59. The zero-order chi connectivity index (χ0) is 14.5. The van der Waals surface area contributed by atoms with Gasteiger partial charge in [-0.2, -0.15) is 0 Å². The second kappa shape index (κ2) is 7.02. The van der Waals surface area contributed by atoms with E-state index < -0.39 is 0 Å². The van der Waals surface area contributed by atoms with Gasteiger partial charge in [-0.25, -0.2) is 0 Å². The van der Waals surface area contributed by atoms with E-state index in [0.717, 1.165) is 43.5 Å². The first-order chi connectivity index (χ1) is 9.61. The van der Waals surface area contributed by atoms with Crippen molar-refractivity contribution in [2.45, 2.75) is 13.8 Å². The number of hydrogen-bond donors (Lipinski definition) is 3. The average Bonchev–Trinajstić information content (AvgIpc) is 2.45. The van der Waals surface area contributed by atoms with Crippen LogP contribution in [-0.4, -0.2) is 54.4 Å². The van der Waals surface area contributed by atoms with Gasteiger partial charge < -0.3 is 20.2 Å². The number of piperazine rings is 1. The van der Waals surface area contributed by atoms with Gasteiger partial charge in [0.15, 0.2) is 5.11 Å². The molecule has 1 aromatic rings. The van der Waals surface area contributed by atoms with Crippen molar-refractivity contribution in [3.8, 4) is 0 Å². The third-order valence-corrected chi connectivity index (χ3v) is 4.43. The van der Waals surface area contributed by atoms with E-state index in [4.69, 9.17) is 17.3 Å². The minimum Gasteiger partial charge on any atom is -0.391 e. The second-order valence-corrected chi connectivity index (χ2v) is 5.77. The standard InChI is InChI=1S/C15H23N3OS/c1-12-4-3-5-14(13(12)2)16-15(20)18-8-6-17(7-9-18)10-11-19/h3-5,19H,6-11H2,1-2H3,(H,16,20)/p+1. The summed E-state index contributed by atoms with van der Waals surface area (Å²) in [6.07, 6.45) is 0. The average molecular weight is 294 g/mol.